The van der Waals surface area contributed by atoms with Crippen LogP contribution in [0.3, 0.4) is 0 Å². The summed E-state index contributed by atoms with van der Waals surface area (Å²) in [5.74, 6) is 0.147. The number of hydrogen-bond donors (Lipinski definition) is 1. The number of pyridine rings is 1. The minimum atomic E-state index is -0.609. The van der Waals surface area contributed by atoms with E-state index in [0.717, 1.165) is 6.07 Å². The molecule has 1 aromatic heterocycles. The maximum atomic E-state index is 11.0. The molecule has 104 valence electrons. The van der Waals surface area contributed by atoms with Gasteiger partial charge < -0.3 is 10.5 Å². The minimum Gasteiger partial charge on any atom is -0.431 e. The van der Waals surface area contributed by atoms with Crippen molar-refractivity contribution in [3.05, 3.63) is 56.2 Å². The number of rotatable bonds is 4. The van der Waals surface area contributed by atoms with Crippen LogP contribution in [-0.2, 0) is 6.54 Å². The number of halogens is 2. The van der Waals surface area contributed by atoms with Crippen LogP contribution in [0.15, 0.2) is 30.5 Å². The normalized spacial score (nSPS) is 10.3. The maximum Gasteiger partial charge on any atom is 0.313 e. The van der Waals surface area contributed by atoms with Crippen LogP contribution < -0.4 is 10.5 Å². The van der Waals surface area contributed by atoms with Crippen molar-refractivity contribution in [2.45, 2.75) is 6.54 Å². The summed E-state index contributed by atoms with van der Waals surface area (Å²) in [5, 5.41) is 11.2. The molecular weight excluding hydrogens is 305 g/mol. The molecule has 0 saturated heterocycles. The molecule has 1 heterocycles. The molecular formula is C12H9Cl2N3O3. The van der Waals surface area contributed by atoms with Gasteiger partial charge in [-0.1, -0.05) is 29.3 Å². The van der Waals surface area contributed by atoms with Crippen molar-refractivity contribution in [1.29, 1.82) is 0 Å². The Morgan fingerprint density at radius 2 is 2.05 bits per heavy atom. The SMILES string of the molecule is NCc1cccnc1Oc1cc(Cl)c(Cl)cc1[N+](=O)[O-]. The molecule has 0 aliphatic carbocycles. The topological polar surface area (TPSA) is 91.3 Å². The van der Waals surface area contributed by atoms with Gasteiger partial charge in [-0.05, 0) is 6.07 Å². The zero-order chi connectivity index (χ0) is 14.7. The molecule has 20 heavy (non-hydrogen) atoms. The lowest BCUT2D eigenvalue weighted by Crippen LogP contribution is -2.02. The van der Waals surface area contributed by atoms with Gasteiger partial charge in [0.15, 0.2) is 0 Å². The van der Waals surface area contributed by atoms with E-state index in [2.05, 4.69) is 4.98 Å². The summed E-state index contributed by atoms with van der Waals surface area (Å²) in [6.45, 7) is 0.193. The molecule has 0 fully saturated rings. The molecule has 2 rings (SSSR count). The second kappa shape index (κ2) is 6.04. The van der Waals surface area contributed by atoms with E-state index in [4.69, 9.17) is 33.7 Å². The van der Waals surface area contributed by atoms with E-state index >= 15 is 0 Å². The van der Waals surface area contributed by atoms with E-state index in [0.29, 0.717) is 5.56 Å². The van der Waals surface area contributed by atoms with Crippen molar-refractivity contribution < 1.29 is 9.66 Å². The number of hydrogen-bond acceptors (Lipinski definition) is 5. The first-order valence-corrected chi connectivity index (χ1v) is 6.23. The van der Waals surface area contributed by atoms with Gasteiger partial charge >= 0.3 is 5.69 Å². The molecule has 0 unspecified atom stereocenters. The van der Waals surface area contributed by atoms with Gasteiger partial charge in [-0.3, -0.25) is 10.1 Å². The molecule has 8 heteroatoms. The lowest BCUT2D eigenvalue weighted by molar-refractivity contribution is -0.385. The molecule has 2 N–H and O–H groups in total. The summed E-state index contributed by atoms with van der Waals surface area (Å²) in [4.78, 5) is 14.4. The third kappa shape index (κ3) is 2.98. The van der Waals surface area contributed by atoms with Gasteiger partial charge in [-0.25, -0.2) is 4.98 Å². The number of nitro groups is 1. The van der Waals surface area contributed by atoms with Crippen LogP contribution in [0.5, 0.6) is 11.6 Å². The second-order valence-electron chi connectivity index (χ2n) is 3.77. The van der Waals surface area contributed by atoms with Crippen LogP contribution >= 0.6 is 23.2 Å². The molecule has 0 aliphatic rings. The standard InChI is InChI=1S/C12H9Cl2N3O3/c13-8-4-10(17(18)19)11(5-9(8)14)20-12-7(6-15)2-1-3-16-12/h1-5H,6,15H2. The minimum absolute atomic E-state index is 0.0437. The van der Waals surface area contributed by atoms with Crippen molar-refractivity contribution in [1.82, 2.24) is 4.98 Å². The third-order valence-electron chi connectivity index (χ3n) is 2.48. The van der Waals surface area contributed by atoms with Gasteiger partial charge in [0.25, 0.3) is 0 Å². The van der Waals surface area contributed by atoms with Crippen LogP contribution in [0.1, 0.15) is 5.56 Å². The number of nitrogens with two attached hydrogens (primary N) is 1. The molecule has 0 amide bonds. The van der Waals surface area contributed by atoms with Gasteiger partial charge in [0.05, 0.1) is 15.0 Å². The van der Waals surface area contributed by atoms with Crippen LogP contribution in [0.25, 0.3) is 0 Å². The highest BCUT2D eigenvalue weighted by atomic mass is 35.5. The molecule has 1 aromatic carbocycles. The Morgan fingerprint density at radius 3 is 2.70 bits per heavy atom. The fourth-order valence-electron chi connectivity index (χ4n) is 1.52. The van der Waals surface area contributed by atoms with Gasteiger partial charge in [0, 0.05) is 30.4 Å². The van der Waals surface area contributed by atoms with E-state index < -0.39 is 4.92 Å². The van der Waals surface area contributed by atoms with Crippen LogP contribution in [0.2, 0.25) is 10.0 Å². The molecule has 6 nitrogen and oxygen atoms in total. The summed E-state index contributed by atoms with van der Waals surface area (Å²) in [6, 6.07) is 5.81. The third-order valence-corrected chi connectivity index (χ3v) is 3.20. The molecule has 0 spiro atoms. The van der Waals surface area contributed by atoms with Crippen molar-refractivity contribution in [2.75, 3.05) is 0 Å². The van der Waals surface area contributed by atoms with E-state index in [-0.39, 0.29) is 33.9 Å². The second-order valence-corrected chi connectivity index (χ2v) is 4.58. The quantitative estimate of drug-likeness (QED) is 0.688. The lowest BCUT2D eigenvalue weighted by Gasteiger charge is -2.09. The first-order chi connectivity index (χ1) is 9.52. The van der Waals surface area contributed by atoms with Gasteiger partial charge in [0.2, 0.25) is 11.6 Å². The summed E-state index contributed by atoms with van der Waals surface area (Å²) < 4.78 is 5.45. The molecule has 0 saturated carbocycles. The highest BCUT2D eigenvalue weighted by molar-refractivity contribution is 6.42. The number of aromatic nitrogens is 1. The molecule has 0 radical (unpaired) electrons. The van der Waals surface area contributed by atoms with E-state index in [1.807, 2.05) is 0 Å². The number of nitrogens with zero attached hydrogens (tertiary/aromatic N) is 2. The Kier molecular flexibility index (Phi) is 4.39. The van der Waals surface area contributed by atoms with Crippen molar-refractivity contribution in [2.24, 2.45) is 5.73 Å². The van der Waals surface area contributed by atoms with Crippen molar-refractivity contribution >= 4 is 28.9 Å². The number of benzene rings is 1. The summed E-state index contributed by atoms with van der Waals surface area (Å²) >= 11 is 11.6. The first kappa shape index (κ1) is 14.5. The lowest BCUT2D eigenvalue weighted by atomic mass is 10.2. The Bertz CT molecular complexity index is 664. The smallest absolute Gasteiger partial charge is 0.313 e. The predicted molar refractivity (Wildman–Crippen MR) is 75.3 cm³/mol. The van der Waals surface area contributed by atoms with Crippen LogP contribution in [-0.4, -0.2) is 9.91 Å². The molecule has 0 atom stereocenters. The fraction of sp³-hybridized carbons (Fsp3) is 0.0833. The number of ether oxygens (including phenoxy) is 1. The molecule has 0 aliphatic heterocycles. The van der Waals surface area contributed by atoms with Gasteiger partial charge in [0.1, 0.15) is 0 Å². The molecule has 0 bridgehead atoms. The predicted octanol–water partition coefficient (Wildman–Crippen LogP) is 3.55. The Balaban J connectivity index is 2.47. The summed E-state index contributed by atoms with van der Waals surface area (Å²) in [5.41, 5.74) is 5.88. The zero-order valence-electron chi connectivity index (χ0n) is 10.0. The fourth-order valence-corrected chi connectivity index (χ4v) is 1.83. The highest BCUT2D eigenvalue weighted by Gasteiger charge is 2.20. The summed E-state index contributed by atoms with van der Waals surface area (Å²) in [6.07, 6.45) is 1.50. The van der Waals surface area contributed by atoms with Crippen molar-refractivity contribution in [3.63, 3.8) is 0 Å². The Morgan fingerprint density at radius 1 is 1.35 bits per heavy atom. The van der Waals surface area contributed by atoms with Gasteiger partial charge in [-0.15, -0.1) is 0 Å². The van der Waals surface area contributed by atoms with E-state index in [1.165, 1.54) is 12.3 Å². The number of nitro benzene ring substituents is 1. The average molecular weight is 314 g/mol. The Hall–Kier alpha value is -1.89. The van der Waals surface area contributed by atoms with Crippen LogP contribution in [0, 0.1) is 10.1 Å². The van der Waals surface area contributed by atoms with E-state index in [1.54, 1.807) is 12.1 Å². The summed E-state index contributed by atoms with van der Waals surface area (Å²) in [7, 11) is 0. The first-order valence-electron chi connectivity index (χ1n) is 5.48. The zero-order valence-corrected chi connectivity index (χ0v) is 11.6. The average Bonchev–Trinajstić information content (AvgIpc) is 2.43. The highest BCUT2D eigenvalue weighted by Crippen LogP contribution is 2.38. The molecule has 2 aromatic rings. The van der Waals surface area contributed by atoms with Gasteiger partial charge in [-0.2, -0.15) is 0 Å². The van der Waals surface area contributed by atoms with E-state index in [9.17, 15) is 10.1 Å². The monoisotopic (exact) mass is 313 g/mol. The Labute approximate surface area is 124 Å². The van der Waals surface area contributed by atoms with Crippen molar-refractivity contribution in [3.8, 4) is 11.6 Å². The largest absolute Gasteiger partial charge is 0.431 e. The van der Waals surface area contributed by atoms with Crippen LogP contribution in [0.4, 0.5) is 5.69 Å². The maximum absolute atomic E-state index is 11.0.